The summed E-state index contributed by atoms with van der Waals surface area (Å²) >= 11 is 7.44. The van der Waals surface area contributed by atoms with Gasteiger partial charge in [-0.25, -0.2) is 9.97 Å². The summed E-state index contributed by atoms with van der Waals surface area (Å²) < 4.78 is 28.9. The molecular weight excluding hydrogens is 586 g/mol. The zero-order valence-electron chi connectivity index (χ0n) is 18.2. The Morgan fingerprint density at radius 3 is 1.83 bits per heavy atom. The summed E-state index contributed by atoms with van der Waals surface area (Å²) in [5.41, 5.74) is 2.18. The molecule has 10 heteroatoms. The fraction of sp³-hybridized carbons (Fsp3) is 0. The first-order valence-electron chi connectivity index (χ1n) is 10.3. The van der Waals surface area contributed by atoms with E-state index in [-0.39, 0.29) is 0 Å². The minimum absolute atomic E-state index is 0.397. The molecule has 0 spiro atoms. The number of aromatic nitrogens is 2. The molecule has 0 radical (unpaired) electrons. The Morgan fingerprint density at radius 1 is 0.722 bits per heavy atom. The van der Waals surface area contributed by atoms with Crippen LogP contribution in [0.5, 0.6) is 0 Å². The van der Waals surface area contributed by atoms with Crippen molar-refractivity contribution < 1.29 is 18.4 Å². The molecule has 4 heterocycles. The molecule has 4 aromatic heterocycles. The van der Waals surface area contributed by atoms with Gasteiger partial charge in [0.2, 0.25) is 11.9 Å². The van der Waals surface area contributed by atoms with Crippen LogP contribution in [0.25, 0.3) is 22.3 Å². The van der Waals surface area contributed by atoms with E-state index in [2.05, 4.69) is 25.9 Å². The van der Waals surface area contributed by atoms with Crippen LogP contribution in [0.4, 0.5) is 8.78 Å². The van der Waals surface area contributed by atoms with Crippen molar-refractivity contribution in [2.45, 2.75) is 9.10 Å². The maximum absolute atomic E-state index is 13.9. The van der Waals surface area contributed by atoms with E-state index < -0.39 is 11.9 Å². The zero-order chi connectivity index (χ0) is 25.5. The van der Waals surface area contributed by atoms with Crippen molar-refractivity contribution in [3.05, 3.63) is 105 Å². The number of nitrogens with zero attached hydrogens (tertiary/aromatic N) is 2. The lowest BCUT2D eigenvalue weighted by molar-refractivity contribution is 0.111. The Labute approximate surface area is 226 Å². The second kappa shape index (κ2) is 12.3. The summed E-state index contributed by atoms with van der Waals surface area (Å²) in [7, 11) is 0. The summed E-state index contributed by atoms with van der Waals surface area (Å²) in [5.74, 6) is -1.06. The number of halogens is 3. The topological polar surface area (TPSA) is 59.9 Å². The molecule has 0 unspecified atom stereocenters. The van der Waals surface area contributed by atoms with Gasteiger partial charge in [-0.15, -0.1) is 22.7 Å². The van der Waals surface area contributed by atoms with Crippen molar-refractivity contribution in [2.24, 2.45) is 0 Å². The third-order valence-electron chi connectivity index (χ3n) is 4.71. The number of benzene rings is 1. The molecule has 0 saturated carbocycles. The highest BCUT2D eigenvalue weighted by Crippen LogP contribution is 2.42. The number of carbonyl (C=O) groups excluding carboxylic acids is 2. The zero-order valence-corrected chi connectivity index (χ0v) is 22.3. The number of carbonyl (C=O) groups is 2. The fourth-order valence-corrected chi connectivity index (χ4v) is 6.96. The van der Waals surface area contributed by atoms with Crippen molar-refractivity contribution in [3.8, 4) is 22.3 Å². The lowest BCUT2D eigenvalue weighted by Gasteiger charge is -2.04. The molecule has 36 heavy (non-hydrogen) atoms. The van der Waals surface area contributed by atoms with E-state index in [9.17, 15) is 18.4 Å². The van der Waals surface area contributed by atoms with Crippen molar-refractivity contribution in [2.75, 3.05) is 0 Å². The normalized spacial score (nSPS) is 10.4. The van der Waals surface area contributed by atoms with Gasteiger partial charge in [0.25, 0.3) is 0 Å². The van der Waals surface area contributed by atoms with Crippen molar-refractivity contribution >= 4 is 62.9 Å². The number of thiophene rings is 2. The molecule has 0 atom stereocenters. The lowest BCUT2D eigenvalue weighted by atomic mass is 10.1. The van der Waals surface area contributed by atoms with Gasteiger partial charge in [0, 0.05) is 39.5 Å². The molecule has 0 N–H and O–H groups in total. The fourth-order valence-electron chi connectivity index (χ4n) is 3.11. The third kappa shape index (κ3) is 6.19. The van der Waals surface area contributed by atoms with Crippen LogP contribution in [0.1, 0.15) is 19.3 Å². The molecule has 5 aromatic rings. The van der Waals surface area contributed by atoms with Crippen LogP contribution in [-0.4, -0.2) is 22.5 Å². The molecule has 1 aromatic carbocycles. The van der Waals surface area contributed by atoms with Gasteiger partial charge < -0.3 is 0 Å². The Morgan fingerprint density at radius 2 is 1.28 bits per heavy atom. The summed E-state index contributed by atoms with van der Waals surface area (Å²) in [4.78, 5) is 31.0. The highest BCUT2D eigenvalue weighted by Gasteiger charge is 2.16. The van der Waals surface area contributed by atoms with Crippen LogP contribution in [0.3, 0.4) is 0 Å². The minimum Gasteiger partial charge on any atom is -0.297 e. The van der Waals surface area contributed by atoms with Gasteiger partial charge in [-0.05, 0) is 64.5 Å². The number of pyridine rings is 2. The van der Waals surface area contributed by atoms with Crippen molar-refractivity contribution in [1.82, 2.24) is 9.97 Å². The molecular formula is C26H15BrF2N2O2S3. The van der Waals surface area contributed by atoms with Crippen LogP contribution in [-0.2, 0) is 0 Å². The lowest BCUT2D eigenvalue weighted by Crippen LogP contribution is -1.87. The Hall–Kier alpha value is -3.05. The summed E-state index contributed by atoms with van der Waals surface area (Å²) in [6.45, 7) is 0. The average molecular weight is 602 g/mol. The number of hydrogen-bond acceptors (Lipinski definition) is 7. The molecule has 0 aliphatic carbocycles. The largest absolute Gasteiger partial charge is 0.297 e. The maximum atomic E-state index is 13.9. The number of aldehydes is 2. The van der Waals surface area contributed by atoms with E-state index in [1.165, 1.54) is 46.8 Å². The van der Waals surface area contributed by atoms with Crippen LogP contribution in [0.15, 0.2) is 92.0 Å². The Bertz CT molecular complexity index is 1510. The molecule has 0 aliphatic rings. The number of hydrogen-bond donors (Lipinski definition) is 0. The first-order chi connectivity index (χ1) is 17.5. The Balaban J connectivity index is 0.000000179. The van der Waals surface area contributed by atoms with Gasteiger partial charge in [0.15, 0.2) is 12.6 Å². The molecule has 5 rings (SSSR count). The van der Waals surface area contributed by atoms with Crippen molar-refractivity contribution in [1.29, 1.82) is 0 Å². The van der Waals surface area contributed by atoms with E-state index in [1.54, 1.807) is 36.4 Å². The molecule has 0 fully saturated rings. The summed E-state index contributed by atoms with van der Waals surface area (Å²) in [6, 6.07) is 19.8. The second-order valence-corrected chi connectivity index (χ2v) is 11.8. The van der Waals surface area contributed by atoms with Gasteiger partial charge in [0.1, 0.15) is 0 Å². The van der Waals surface area contributed by atoms with Gasteiger partial charge in [-0.3, -0.25) is 9.59 Å². The van der Waals surface area contributed by atoms with E-state index in [0.29, 0.717) is 32.0 Å². The standard InChI is InChI=1S/C16H10FNOS2.C10H5BrFNOS/c17-15-13(7-4-8-18-15)14-9-12(10-19)21-16(14)20-11-5-2-1-3-6-11;11-9-8(4-6(5-14)15-9)7-2-1-3-13-10(7)12/h1-10H;1-5H. The predicted octanol–water partition coefficient (Wildman–Crippen LogP) is 8.44. The molecule has 4 nitrogen and oxygen atoms in total. The monoisotopic (exact) mass is 600 g/mol. The van der Waals surface area contributed by atoms with Gasteiger partial charge in [-0.1, -0.05) is 30.0 Å². The molecule has 180 valence electrons. The van der Waals surface area contributed by atoms with E-state index in [4.69, 9.17) is 0 Å². The molecule has 0 bridgehead atoms. The van der Waals surface area contributed by atoms with Gasteiger partial charge in [0.05, 0.1) is 17.7 Å². The molecule has 0 aliphatic heterocycles. The van der Waals surface area contributed by atoms with E-state index in [1.807, 2.05) is 30.3 Å². The molecule has 0 amide bonds. The number of rotatable bonds is 6. The highest BCUT2D eigenvalue weighted by atomic mass is 79.9. The van der Waals surface area contributed by atoms with Gasteiger partial charge >= 0.3 is 0 Å². The van der Waals surface area contributed by atoms with Crippen molar-refractivity contribution in [3.63, 3.8) is 0 Å². The predicted molar refractivity (Wildman–Crippen MR) is 144 cm³/mol. The minimum atomic E-state index is -0.534. The summed E-state index contributed by atoms with van der Waals surface area (Å²) in [5, 5.41) is 0. The summed E-state index contributed by atoms with van der Waals surface area (Å²) in [6.07, 6.45) is 4.33. The SMILES string of the molecule is O=Cc1cc(-c2cccnc2F)c(Br)s1.O=Cc1cc(-c2cccnc2F)c(Sc2ccccc2)s1. The van der Waals surface area contributed by atoms with E-state index >= 15 is 0 Å². The first-order valence-corrected chi connectivity index (χ1v) is 13.5. The maximum Gasteiger partial charge on any atom is 0.220 e. The Kier molecular flexibility index (Phi) is 8.87. The third-order valence-corrected chi connectivity index (χ3v) is 8.74. The second-order valence-electron chi connectivity index (χ2n) is 7.02. The average Bonchev–Trinajstić information content (AvgIpc) is 3.48. The molecule has 0 saturated heterocycles. The van der Waals surface area contributed by atoms with Crippen LogP contribution < -0.4 is 0 Å². The first kappa shape index (κ1) is 26.0. The highest BCUT2D eigenvalue weighted by molar-refractivity contribution is 9.11. The quantitative estimate of drug-likeness (QED) is 0.144. The van der Waals surface area contributed by atoms with E-state index in [0.717, 1.165) is 25.5 Å². The van der Waals surface area contributed by atoms with Crippen LogP contribution >= 0.6 is 50.4 Å². The smallest absolute Gasteiger partial charge is 0.220 e. The van der Waals surface area contributed by atoms with Gasteiger partial charge in [-0.2, -0.15) is 8.78 Å². The van der Waals surface area contributed by atoms with Crippen LogP contribution in [0, 0.1) is 11.9 Å². The van der Waals surface area contributed by atoms with Crippen LogP contribution in [0.2, 0.25) is 0 Å².